The maximum atomic E-state index is 10.1. The predicted octanol–water partition coefficient (Wildman–Crippen LogP) is -1.38. The molecule has 0 heterocycles. The Morgan fingerprint density at radius 1 is 1.17 bits per heavy atom. The van der Waals surface area contributed by atoms with Crippen LogP contribution < -0.4 is 5.73 Å². The summed E-state index contributed by atoms with van der Waals surface area (Å²) in [4.78, 5) is 20.2. The Balaban J connectivity index is 3.68. The molecule has 0 amide bonds. The summed E-state index contributed by atoms with van der Waals surface area (Å²) in [6.45, 7) is 0. The maximum Gasteiger partial charge on any atom is 0.332 e. The van der Waals surface area contributed by atoms with E-state index in [0.29, 0.717) is 0 Å². The van der Waals surface area contributed by atoms with Gasteiger partial charge in [0.1, 0.15) is 6.04 Å². The fourth-order valence-corrected chi connectivity index (χ4v) is 0.584. The fraction of sp³-hybridized carbons (Fsp3) is 0.667. The molecule has 6 nitrogen and oxygen atoms in total. The summed E-state index contributed by atoms with van der Waals surface area (Å²) in [5.41, 5.74) is 5.06. The third-order valence-electron chi connectivity index (χ3n) is 1.35. The van der Waals surface area contributed by atoms with E-state index in [2.05, 4.69) is 0 Å². The lowest BCUT2D eigenvalue weighted by Crippen LogP contribution is -2.32. The summed E-state index contributed by atoms with van der Waals surface area (Å²) in [6.07, 6.45) is -1.73. The highest BCUT2D eigenvalue weighted by molar-refractivity contribution is 5.74. The first-order valence-electron chi connectivity index (χ1n) is 3.34. The van der Waals surface area contributed by atoms with Crippen LogP contribution in [0.5, 0.6) is 0 Å². The van der Waals surface area contributed by atoms with Crippen molar-refractivity contribution in [2.24, 2.45) is 5.73 Å². The maximum absolute atomic E-state index is 10.1. The van der Waals surface area contributed by atoms with E-state index in [1.54, 1.807) is 0 Å². The minimum absolute atomic E-state index is 0.0528. The van der Waals surface area contributed by atoms with Gasteiger partial charge in [0.2, 0.25) is 0 Å². The van der Waals surface area contributed by atoms with Gasteiger partial charge in [0.15, 0.2) is 6.10 Å². The second-order valence-electron chi connectivity index (χ2n) is 2.38. The van der Waals surface area contributed by atoms with E-state index >= 15 is 0 Å². The summed E-state index contributed by atoms with van der Waals surface area (Å²) in [7, 11) is 0. The zero-order valence-corrected chi connectivity index (χ0v) is 6.30. The van der Waals surface area contributed by atoms with Gasteiger partial charge in [-0.2, -0.15) is 0 Å². The van der Waals surface area contributed by atoms with E-state index in [1.165, 1.54) is 0 Å². The Kier molecular flexibility index (Phi) is 4.24. The molecule has 0 aliphatic heterocycles. The minimum atomic E-state index is -1.53. The van der Waals surface area contributed by atoms with Gasteiger partial charge < -0.3 is 21.1 Å². The van der Waals surface area contributed by atoms with Gasteiger partial charge in [-0.05, 0) is 12.8 Å². The molecule has 5 N–H and O–H groups in total. The molecule has 0 aliphatic carbocycles. The standard InChI is InChI=1S/C6H11NO5/c7-3(5(9)10)1-2-4(8)6(11)12/h3-4,8H,1-2,7H2,(H,9,10)(H,11,12). The monoisotopic (exact) mass is 177 g/mol. The number of hydrogen-bond donors (Lipinski definition) is 4. The molecular formula is C6H11NO5. The van der Waals surface area contributed by atoms with E-state index in [1.807, 2.05) is 0 Å². The van der Waals surface area contributed by atoms with Crippen molar-refractivity contribution >= 4 is 11.9 Å². The molecule has 0 fully saturated rings. The van der Waals surface area contributed by atoms with Crippen molar-refractivity contribution < 1.29 is 24.9 Å². The van der Waals surface area contributed by atoms with Crippen molar-refractivity contribution in [2.45, 2.75) is 25.0 Å². The molecule has 0 aromatic rings. The lowest BCUT2D eigenvalue weighted by atomic mass is 10.1. The van der Waals surface area contributed by atoms with Crippen LogP contribution in [0.4, 0.5) is 0 Å². The number of rotatable bonds is 5. The molecule has 0 aromatic carbocycles. The van der Waals surface area contributed by atoms with Crippen LogP contribution in [0.2, 0.25) is 0 Å². The van der Waals surface area contributed by atoms with Crippen LogP contribution in [0, 0.1) is 0 Å². The highest BCUT2D eigenvalue weighted by Crippen LogP contribution is 2.00. The molecule has 0 bridgehead atoms. The smallest absolute Gasteiger partial charge is 0.332 e. The zero-order chi connectivity index (χ0) is 9.72. The van der Waals surface area contributed by atoms with Gasteiger partial charge in [0.25, 0.3) is 0 Å². The van der Waals surface area contributed by atoms with Crippen molar-refractivity contribution in [1.29, 1.82) is 0 Å². The average Bonchev–Trinajstić information content (AvgIpc) is 1.98. The van der Waals surface area contributed by atoms with Crippen molar-refractivity contribution in [3.05, 3.63) is 0 Å². The first-order valence-corrected chi connectivity index (χ1v) is 3.34. The second-order valence-corrected chi connectivity index (χ2v) is 2.38. The Bertz CT molecular complexity index is 161. The number of aliphatic hydroxyl groups excluding tert-OH is 1. The van der Waals surface area contributed by atoms with Crippen molar-refractivity contribution in [2.75, 3.05) is 0 Å². The Labute approximate surface area is 68.6 Å². The lowest BCUT2D eigenvalue weighted by Gasteiger charge is -2.07. The molecular weight excluding hydrogens is 166 g/mol. The van der Waals surface area contributed by atoms with Crippen LogP contribution >= 0.6 is 0 Å². The molecule has 0 aliphatic rings. The third-order valence-corrected chi connectivity index (χ3v) is 1.35. The number of hydrogen-bond acceptors (Lipinski definition) is 4. The SMILES string of the molecule is NC(CCC(O)C(=O)O)C(=O)O. The van der Waals surface area contributed by atoms with Gasteiger partial charge in [0.05, 0.1) is 0 Å². The normalized spacial score (nSPS) is 15.2. The summed E-state index contributed by atoms with van der Waals surface area (Å²) in [5, 5.41) is 25.2. The van der Waals surface area contributed by atoms with Gasteiger partial charge in [-0.15, -0.1) is 0 Å². The molecule has 0 rings (SSSR count). The van der Waals surface area contributed by atoms with Crippen LogP contribution in [-0.2, 0) is 9.59 Å². The van der Waals surface area contributed by atoms with E-state index < -0.39 is 24.1 Å². The van der Waals surface area contributed by atoms with Gasteiger partial charge in [-0.3, -0.25) is 4.79 Å². The fourth-order valence-electron chi connectivity index (χ4n) is 0.584. The van der Waals surface area contributed by atoms with Crippen LogP contribution in [0.1, 0.15) is 12.8 Å². The Morgan fingerprint density at radius 3 is 2.00 bits per heavy atom. The van der Waals surface area contributed by atoms with E-state index in [9.17, 15) is 9.59 Å². The van der Waals surface area contributed by atoms with Gasteiger partial charge in [-0.25, -0.2) is 4.79 Å². The number of carboxylic acids is 2. The first kappa shape index (κ1) is 10.9. The third kappa shape index (κ3) is 3.89. The summed E-state index contributed by atoms with van der Waals surface area (Å²) >= 11 is 0. The largest absolute Gasteiger partial charge is 0.480 e. The summed E-state index contributed by atoms with van der Waals surface area (Å²) in [6, 6.07) is -1.11. The zero-order valence-electron chi connectivity index (χ0n) is 6.30. The van der Waals surface area contributed by atoms with Crippen LogP contribution in [-0.4, -0.2) is 39.4 Å². The first-order chi connectivity index (χ1) is 5.45. The molecule has 12 heavy (non-hydrogen) atoms. The number of carbonyl (C=O) groups is 2. The van der Waals surface area contributed by atoms with E-state index in [-0.39, 0.29) is 12.8 Å². The summed E-state index contributed by atoms with van der Waals surface area (Å²) in [5.74, 6) is -2.57. The molecule has 70 valence electrons. The van der Waals surface area contributed by atoms with E-state index in [0.717, 1.165) is 0 Å². The molecule has 6 heteroatoms. The quantitative estimate of drug-likeness (QED) is 0.411. The number of carboxylic acid groups (broad SMARTS) is 2. The minimum Gasteiger partial charge on any atom is -0.480 e. The van der Waals surface area contributed by atoms with Crippen LogP contribution in [0.3, 0.4) is 0 Å². The molecule has 2 unspecified atom stereocenters. The van der Waals surface area contributed by atoms with Crippen LogP contribution in [0.25, 0.3) is 0 Å². The highest BCUT2D eigenvalue weighted by Gasteiger charge is 2.17. The van der Waals surface area contributed by atoms with Crippen LogP contribution in [0.15, 0.2) is 0 Å². The predicted molar refractivity (Wildman–Crippen MR) is 38.5 cm³/mol. The summed E-state index contributed by atoms with van der Waals surface area (Å²) < 4.78 is 0. The molecule has 0 spiro atoms. The van der Waals surface area contributed by atoms with Gasteiger partial charge in [-0.1, -0.05) is 0 Å². The lowest BCUT2D eigenvalue weighted by molar-refractivity contribution is -0.147. The Morgan fingerprint density at radius 2 is 1.67 bits per heavy atom. The molecule has 2 atom stereocenters. The van der Waals surface area contributed by atoms with E-state index in [4.69, 9.17) is 21.1 Å². The Hall–Kier alpha value is -1.14. The number of aliphatic carboxylic acids is 2. The molecule has 0 aromatic heterocycles. The van der Waals surface area contributed by atoms with Gasteiger partial charge >= 0.3 is 11.9 Å². The van der Waals surface area contributed by atoms with Crippen molar-refractivity contribution in [3.8, 4) is 0 Å². The number of nitrogens with two attached hydrogens (primary N) is 1. The highest BCUT2D eigenvalue weighted by atomic mass is 16.4. The number of aliphatic hydroxyl groups is 1. The molecule has 0 radical (unpaired) electrons. The second kappa shape index (κ2) is 4.68. The van der Waals surface area contributed by atoms with Crippen molar-refractivity contribution in [1.82, 2.24) is 0 Å². The molecule has 0 saturated carbocycles. The topological polar surface area (TPSA) is 121 Å². The van der Waals surface area contributed by atoms with Crippen molar-refractivity contribution in [3.63, 3.8) is 0 Å². The molecule has 0 saturated heterocycles. The average molecular weight is 177 g/mol. The van der Waals surface area contributed by atoms with Gasteiger partial charge in [0, 0.05) is 0 Å².